The van der Waals surface area contributed by atoms with Gasteiger partial charge in [0.15, 0.2) is 0 Å². The van der Waals surface area contributed by atoms with Crippen molar-refractivity contribution in [3.05, 3.63) is 69.7 Å². The number of aromatic nitrogens is 4. The summed E-state index contributed by atoms with van der Waals surface area (Å²) in [7, 11) is 0. The molecule has 0 atom stereocenters. The van der Waals surface area contributed by atoms with Gasteiger partial charge in [0.05, 0.1) is 34.9 Å². The van der Waals surface area contributed by atoms with Gasteiger partial charge in [-0.05, 0) is 43.5 Å². The topological polar surface area (TPSA) is 96.3 Å². The predicted octanol–water partition coefficient (Wildman–Crippen LogP) is 3.03. The van der Waals surface area contributed by atoms with Crippen molar-refractivity contribution in [1.29, 1.82) is 0 Å². The van der Waals surface area contributed by atoms with E-state index in [-0.39, 0.29) is 23.3 Å². The van der Waals surface area contributed by atoms with Gasteiger partial charge < -0.3 is 14.6 Å². The van der Waals surface area contributed by atoms with E-state index in [2.05, 4.69) is 20.0 Å². The Kier molecular flexibility index (Phi) is 6.21. The summed E-state index contributed by atoms with van der Waals surface area (Å²) in [4.78, 5) is 37.2. The van der Waals surface area contributed by atoms with Gasteiger partial charge in [0.25, 0.3) is 11.5 Å². The van der Waals surface area contributed by atoms with E-state index in [9.17, 15) is 14.0 Å². The van der Waals surface area contributed by atoms with Crippen LogP contribution in [0.3, 0.4) is 0 Å². The molecule has 2 aliphatic heterocycles. The number of rotatable bonds is 4. The molecule has 37 heavy (non-hydrogen) atoms. The van der Waals surface area contributed by atoms with E-state index in [4.69, 9.17) is 4.74 Å². The first-order chi connectivity index (χ1) is 18.0. The number of pyridine rings is 2. The molecular weight excluding hydrogens is 475 g/mol. The first-order valence-corrected chi connectivity index (χ1v) is 12.7. The normalized spacial score (nSPS) is 17.6. The fraction of sp³-hybridized carbons (Fsp3) is 0.407. The molecule has 2 saturated heterocycles. The maximum Gasteiger partial charge on any atom is 0.259 e. The SMILES string of the molecule is Cc1cc2[nH]c(=O)c3cnn(C4CCOCC4)c3c2cc1C(=O)N1CCN(Cc2ccncc2F)CC1. The first-order valence-electron chi connectivity index (χ1n) is 12.7. The number of aromatic amines is 1. The standard InChI is InChI=1S/C27H29FN6O3/c1-17-12-24-21(25-22(26(35)31-24)14-30-34(25)19-3-10-37-11-4-19)13-20(17)27(36)33-8-6-32(7-9-33)16-18-2-5-29-15-23(18)28/h2,5,12-15,19H,3-4,6-11,16H2,1H3,(H,31,35). The molecule has 0 radical (unpaired) electrons. The largest absolute Gasteiger partial charge is 0.381 e. The van der Waals surface area contributed by atoms with Crippen LogP contribution < -0.4 is 5.56 Å². The lowest BCUT2D eigenvalue weighted by Crippen LogP contribution is -2.48. The summed E-state index contributed by atoms with van der Waals surface area (Å²) in [5, 5.41) is 5.92. The number of carbonyl (C=O) groups is 1. The third-order valence-corrected chi connectivity index (χ3v) is 7.58. The minimum atomic E-state index is -0.308. The average molecular weight is 505 g/mol. The number of halogens is 1. The molecule has 0 spiro atoms. The Labute approximate surface area is 212 Å². The van der Waals surface area contributed by atoms with Crippen LogP contribution in [0, 0.1) is 12.7 Å². The van der Waals surface area contributed by atoms with Gasteiger partial charge in [-0.1, -0.05) is 0 Å². The Morgan fingerprint density at radius 3 is 2.68 bits per heavy atom. The molecule has 5 heterocycles. The van der Waals surface area contributed by atoms with E-state index in [1.165, 1.54) is 6.20 Å². The zero-order valence-corrected chi connectivity index (χ0v) is 20.7. The lowest BCUT2D eigenvalue weighted by atomic mass is 10.0. The van der Waals surface area contributed by atoms with Crippen molar-refractivity contribution in [2.24, 2.45) is 0 Å². The summed E-state index contributed by atoms with van der Waals surface area (Å²) in [6.45, 7) is 6.16. The molecule has 192 valence electrons. The van der Waals surface area contributed by atoms with Gasteiger partial charge in [0, 0.05) is 68.6 Å². The van der Waals surface area contributed by atoms with Gasteiger partial charge in [-0.2, -0.15) is 5.10 Å². The van der Waals surface area contributed by atoms with Gasteiger partial charge in [0.1, 0.15) is 5.82 Å². The zero-order chi connectivity index (χ0) is 25.5. The summed E-state index contributed by atoms with van der Waals surface area (Å²) in [6.07, 6.45) is 6.11. The Balaban J connectivity index is 1.29. The molecule has 4 aromatic rings. The van der Waals surface area contributed by atoms with E-state index in [0.29, 0.717) is 68.0 Å². The quantitative estimate of drug-likeness (QED) is 0.459. The molecule has 1 N–H and O–H groups in total. The smallest absolute Gasteiger partial charge is 0.259 e. The van der Waals surface area contributed by atoms with Gasteiger partial charge >= 0.3 is 0 Å². The summed E-state index contributed by atoms with van der Waals surface area (Å²) in [5.41, 5.74) is 3.33. The number of carbonyl (C=O) groups excluding carboxylic acids is 1. The molecule has 9 nitrogen and oxygen atoms in total. The van der Waals surface area contributed by atoms with Crippen molar-refractivity contribution in [3.8, 4) is 0 Å². The molecule has 1 aromatic carbocycles. The number of amides is 1. The third kappa shape index (κ3) is 4.40. The second-order valence-electron chi connectivity index (χ2n) is 9.90. The highest BCUT2D eigenvalue weighted by Gasteiger charge is 2.26. The van der Waals surface area contributed by atoms with E-state index in [1.807, 2.05) is 28.6 Å². The minimum absolute atomic E-state index is 0.0365. The summed E-state index contributed by atoms with van der Waals surface area (Å²) in [6, 6.07) is 5.63. The molecule has 0 bridgehead atoms. The monoisotopic (exact) mass is 504 g/mol. The van der Waals surface area contributed by atoms with Crippen LogP contribution in [0.25, 0.3) is 21.8 Å². The van der Waals surface area contributed by atoms with Crippen molar-refractivity contribution in [2.75, 3.05) is 39.4 Å². The molecule has 0 saturated carbocycles. The van der Waals surface area contributed by atoms with E-state index >= 15 is 0 Å². The van der Waals surface area contributed by atoms with Crippen molar-refractivity contribution >= 4 is 27.7 Å². The Morgan fingerprint density at radius 1 is 1.14 bits per heavy atom. The van der Waals surface area contributed by atoms with Crippen LogP contribution in [0.4, 0.5) is 4.39 Å². The summed E-state index contributed by atoms with van der Waals surface area (Å²) < 4.78 is 21.5. The molecular formula is C27H29FN6O3. The first kappa shape index (κ1) is 23.7. The van der Waals surface area contributed by atoms with Gasteiger partial charge in [-0.3, -0.25) is 24.2 Å². The number of ether oxygens (including phenoxy) is 1. The lowest BCUT2D eigenvalue weighted by molar-refractivity contribution is 0.0626. The van der Waals surface area contributed by atoms with Crippen LogP contribution in [0.1, 0.15) is 40.4 Å². The second kappa shape index (κ2) is 9.68. The highest BCUT2D eigenvalue weighted by Crippen LogP contribution is 2.30. The Hall–Kier alpha value is -3.63. The fourth-order valence-corrected chi connectivity index (χ4v) is 5.48. The summed E-state index contributed by atoms with van der Waals surface area (Å²) in [5.74, 6) is -0.345. The van der Waals surface area contributed by atoms with Crippen LogP contribution in [-0.4, -0.2) is 74.8 Å². The predicted molar refractivity (Wildman–Crippen MR) is 137 cm³/mol. The molecule has 3 aromatic heterocycles. The molecule has 2 aliphatic rings. The molecule has 0 unspecified atom stereocenters. The van der Waals surface area contributed by atoms with Crippen molar-refractivity contribution in [2.45, 2.75) is 32.4 Å². The Morgan fingerprint density at radius 2 is 1.92 bits per heavy atom. The Bertz CT molecular complexity index is 1530. The molecule has 0 aliphatic carbocycles. The maximum absolute atomic E-state index is 14.0. The van der Waals surface area contributed by atoms with Crippen LogP contribution in [0.5, 0.6) is 0 Å². The number of aryl methyl sites for hydroxylation is 1. The number of nitrogens with one attached hydrogen (secondary N) is 1. The summed E-state index contributed by atoms with van der Waals surface area (Å²) >= 11 is 0. The lowest BCUT2D eigenvalue weighted by Gasteiger charge is -2.35. The van der Waals surface area contributed by atoms with Crippen molar-refractivity contribution < 1.29 is 13.9 Å². The van der Waals surface area contributed by atoms with Gasteiger partial charge in [-0.25, -0.2) is 4.39 Å². The number of H-pyrrole nitrogens is 1. The minimum Gasteiger partial charge on any atom is -0.381 e. The molecule has 6 rings (SSSR count). The van der Waals surface area contributed by atoms with Crippen LogP contribution >= 0.6 is 0 Å². The molecule has 2 fully saturated rings. The second-order valence-corrected chi connectivity index (χ2v) is 9.90. The molecule has 10 heteroatoms. The maximum atomic E-state index is 14.0. The number of nitrogens with zero attached hydrogens (tertiary/aromatic N) is 5. The van der Waals surface area contributed by atoms with E-state index < -0.39 is 0 Å². The van der Waals surface area contributed by atoms with Gasteiger partial charge in [-0.15, -0.1) is 0 Å². The average Bonchev–Trinajstić information content (AvgIpc) is 3.37. The van der Waals surface area contributed by atoms with Gasteiger partial charge in [0.2, 0.25) is 0 Å². The number of piperazine rings is 1. The van der Waals surface area contributed by atoms with Crippen molar-refractivity contribution in [1.82, 2.24) is 29.5 Å². The zero-order valence-electron chi connectivity index (χ0n) is 20.7. The number of fused-ring (bicyclic) bond motifs is 3. The molecule has 1 amide bonds. The highest BCUT2D eigenvalue weighted by molar-refractivity contribution is 6.07. The van der Waals surface area contributed by atoms with Crippen LogP contribution in [0.2, 0.25) is 0 Å². The number of hydrogen-bond acceptors (Lipinski definition) is 6. The van der Waals surface area contributed by atoms with E-state index in [0.717, 1.165) is 29.3 Å². The van der Waals surface area contributed by atoms with Crippen LogP contribution in [0.15, 0.2) is 41.6 Å². The number of benzene rings is 1. The highest BCUT2D eigenvalue weighted by atomic mass is 19.1. The fourth-order valence-electron chi connectivity index (χ4n) is 5.48. The third-order valence-electron chi connectivity index (χ3n) is 7.58. The van der Waals surface area contributed by atoms with Crippen molar-refractivity contribution in [3.63, 3.8) is 0 Å². The van der Waals surface area contributed by atoms with Crippen LogP contribution in [-0.2, 0) is 11.3 Å². The number of hydrogen-bond donors (Lipinski definition) is 1. The van der Waals surface area contributed by atoms with E-state index in [1.54, 1.807) is 18.5 Å².